The molecule has 0 aliphatic carbocycles. The first kappa shape index (κ1) is 15.4. The summed E-state index contributed by atoms with van der Waals surface area (Å²) in [6.07, 6.45) is 4.67. The Hall–Kier alpha value is -0.610. The van der Waals surface area contributed by atoms with Crippen molar-refractivity contribution in [3.05, 3.63) is 0 Å². The maximum Gasteiger partial charge on any atom is 0.237 e. The lowest BCUT2D eigenvalue weighted by Crippen LogP contribution is -2.46. The predicted octanol–water partition coefficient (Wildman–Crippen LogP) is 1.53. The fourth-order valence-electron chi connectivity index (χ4n) is 2.37. The molecule has 1 amide bonds. The van der Waals surface area contributed by atoms with E-state index >= 15 is 0 Å². The third-order valence-electron chi connectivity index (χ3n) is 3.86. The smallest absolute Gasteiger partial charge is 0.237 e. The molecule has 4 nitrogen and oxygen atoms in total. The SMILES string of the molecule is CCCCNC(=O)C(C)N1CCCC(C)(O)CC1. The van der Waals surface area contributed by atoms with Crippen molar-refractivity contribution in [2.45, 2.75) is 64.5 Å². The fourth-order valence-corrected chi connectivity index (χ4v) is 2.37. The predicted molar refractivity (Wildman–Crippen MR) is 73.4 cm³/mol. The minimum absolute atomic E-state index is 0.0873. The zero-order valence-corrected chi connectivity index (χ0v) is 12.0. The van der Waals surface area contributed by atoms with Crippen LogP contribution in [0.3, 0.4) is 0 Å². The van der Waals surface area contributed by atoms with Crippen LogP contribution in [0.5, 0.6) is 0 Å². The number of amides is 1. The van der Waals surface area contributed by atoms with Crippen LogP contribution in [0.2, 0.25) is 0 Å². The molecule has 18 heavy (non-hydrogen) atoms. The minimum atomic E-state index is -0.562. The van der Waals surface area contributed by atoms with Crippen molar-refractivity contribution in [2.75, 3.05) is 19.6 Å². The molecule has 0 radical (unpaired) electrons. The first-order valence-corrected chi connectivity index (χ1v) is 7.20. The van der Waals surface area contributed by atoms with Crippen LogP contribution < -0.4 is 5.32 Å². The lowest BCUT2D eigenvalue weighted by atomic mass is 9.98. The van der Waals surface area contributed by atoms with Gasteiger partial charge in [-0.1, -0.05) is 13.3 Å². The summed E-state index contributed by atoms with van der Waals surface area (Å²) in [5.74, 6) is 0.116. The molecular weight excluding hydrogens is 228 g/mol. The summed E-state index contributed by atoms with van der Waals surface area (Å²) in [6.45, 7) is 8.44. The van der Waals surface area contributed by atoms with Gasteiger partial charge in [-0.2, -0.15) is 0 Å². The van der Waals surface area contributed by atoms with Gasteiger partial charge in [0.15, 0.2) is 0 Å². The zero-order chi connectivity index (χ0) is 13.6. The molecule has 4 heteroatoms. The van der Waals surface area contributed by atoms with Gasteiger partial charge in [0.2, 0.25) is 5.91 Å². The Kier molecular flexibility index (Phi) is 6.09. The highest BCUT2D eigenvalue weighted by Gasteiger charge is 2.28. The monoisotopic (exact) mass is 256 g/mol. The quantitative estimate of drug-likeness (QED) is 0.733. The van der Waals surface area contributed by atoms with E-state index in [1.807, 2.05) is 13.8 Å². The number of rotatable bonds is 5. The molecule has 1 heterocycles. The van der Waals surface area contributed by atoms with Crippen LogP contribution >= 0.6 is 0 Å². The number of nitrogens with one attached hydrogen (secondary N) is 1. The van der Waals surface area contributed by atoms with Crippen LogP contribution in [0.4, 0.5) is 0 Å². The minimum Gasteiger partial charge on any atom is -0.390 e. The molecule has 0 bridgehead atoms. The summed E-state index contributed by atoms with van der Waals surface area (Å²) in [5, 5.41) is 13.0. The molecule has 1 aliphatic heterocycles. The van der Waals surface area contributed by atoms with Gasteiger partial charge in [0.05, 0.1) is 11.6 Å². The third kappa shape index (κ3) is 4.94. The number of unbranched alkanes of at least 4 members (excludes halogenated alkanes) is 1. The molecule has 1 saturated heterocycles. The molecule has 0 aromatic heterocycles. The number of aliphatic hydroxyl groups is 1. The number of carbonyl (C=O) groups excluding carboxylic acids is 1. The van der Waals surface area contributed by atoms with Gasteiger partial charge < -0.3 is 10.4 Å². The molecule has 106 valence electrons. The summed E-state index contributed by atoms with van der Waals surface area (Å²) in [7, 11) is 0. The molecule has 1 rings (SSSR count). The molecule has 0 spiro atoms. The largest absolute Gasteiger partial charge is 0.390 e. The van der Waals surface area contributed by atoms with Crippen molar-refractivity contribution >= 4 is 5.91 Å². The Morgan fingerprint density at radius 1 is 1.44 bits per heavy atom. The highest BCUT2D eigenvalue weighted by molar-refractivity contribution is 5.81. The average molecular weight is 256 g/mol. The molecule has 2 atom stereocenters. The van der Waals surface area contributed by atoms with Gasteiger partial charge in [-0.3, -0.25) is 9.69 Å². The van der Waals surface area contributed by atoms with E-state index in [0.29, 0.717) is 0 Å². The maximum absolute atomic E-state index is 12.0. The molecular formula is C14H28N2O2. The van der Waals surface area contributed by atoms with Crippen LogP contribution in [-0.2, 0) is 4.79 Å². The van der Waals surface area contributed by atoms with Crippen LogP contribution in [-0.4, -0.2) is 47.2 Å². The Bertz CT molecular complexity index is 267. The number of carbonyl (C=O) groups is 1. The van der Waals surface area contributed by atoms with E-state index < -0.39 is 5.60 Å². The van der Waals surface area contributed by atoms with Crippen molar-refractivity contribution in [2.24, 2.45) is 0 Å². The van der Waals surface area contributed by atoms with Crippen LogP contribution in [0.1, 0.15) is 52.9 Å². The summed E-state index contributed by atoms with van der Waals surface area (Å²) < 4.78 is 0. The lowest BCUT2D eigenvalue weighted by Gasteiger charge is -2.27. The molecule has 1 aliphatic rings. The van der Waals surface area contributed by atoms with Crippen LogP contribution in [0, 0.1) is 0 Å². The zero-order valence-electron chi connectivity index (χ0n) is 12.0. The van der Waals surface area contributed by atoms with Gasteiger partial charge >= 0.3 is 0 Å². The fraction of sp³-hybridized carbons (Fsp3) is 0.929. The van der Waals surface area contributed by atoms with E-state index in [0.717, 1.165) is 51.7 Å². The van der Waals surface area contributed by atoms with Gasteiger partial charge in [-0.05, 0) is 46.1 Å². The van der Waals surface area contributed by atoms with Crippen molar-refractivity contribution in [3.63, 3.8) is 0 Å². The van der Waals surface area contributed by atoms with Gasteiger partial charge in [0.25, 0.3) is 0 Å². The van der Waals surface area contributed by atoms with Crippen molar-refractivity contribution < 1.29 is 9.90 Å². The first-order valence-electron chi connectivity index (χ1n) is 7.20. The Morgan fingerprint density at radius 3 is 2.83 bits per heavy atom. The Labute approximate surface area is 111 Å². The summed E-state index contributed by atoms with van der Waals surface area (Å²) in [5.41, 5.74) is -0.562. The summed E-state index contributed by atoms with van der Waals surface area (Å²) in [4.78, 5) is 14.2. The second-order valence-corrected chi connectivity index (χ2v) is 5.71. The summed E-state index contributed by atoms with van der Waals surface area (Å²) in [6, 6.07) is -0.0873. The van der Waals surface area contributed by atoms with Crippen molar-refractivity contribution in [1.82, 2.24) is 10.2 Å². The molecule has 0 saturated carbocycles. The van der Waals surface area contributed by atoms with E-state index in [1.54, 1.807) is 0 Å². The first-order chi connectivity index (χ1) is 8.46. The van der Waals surface area contributed by atoms with E-state index in [2.05, 4.69) is 17.1 Å². The van der Waals surface area contributed by atoms with Crippen molar-refractivity contribution in [3.8, 4) is 0 Å². The Balaban J connectivity index is 2.40. The van der Waals surface area contributed by atoms with Crippen LogP contribution in [0.15, 0.2) is 0 Å². The van der Waals surface area contributed by atoms with E-state index in [4.69, 9.17) is 0 Å². The molecule has 0 aromatic carbocycles. The van der Waals surface area contributed by atoms with Gasteiger partial charge in [-0.15, -0.1) is 0 Å². The van der Waals surface area contributed by atoms with Gasteiger partial charge in [0, 0.05) is 13.1 Å². The standard InChI is InChI=1S/C14H28N2O2/c1-4-5-9-15-13(17)12(2)16-10-6-7-14(3,18)8-11-16/h12,18H,4-11H2,1-3H3,(H,15,17). The molecule has 0 aromatic rings. The lowest BCUT2D eigenvalue weighted by molar-refractivity contribution is -0.126. The number of likely N-dealkylation sites (tertiary alicyclic amines) is 1. The normalized spacial score (nSPS) is 27.6. The van der Waals surface area contributed by atoms with Crippen LogP contribution in [0.25, 0.3) is 0 Å². The number of nitrogens with zero attached hydrogens (tertiary/aromatic N) is 1. The maximum atomic E-state index is 12.0. The van der Waals surface area contributed by atoms with E-state index in [-0.39, 0.29) is 11.9 Å². The third-order valence-corrected chi connectivity index (χ3v) is 3.86. The second-order valence-electron chi connectivity index (χ2n) is 5.71. The van der Waals surface area contributed by atoms with Gasteiger partial charge in [0.1, 0.15) is 0 Å². The highest BCUT2D eigenvalue weighted by Crippen LogP contribution is 2.22. The Morgan fingerprint density at radius 2 is 2.17 bits per heavy atom. The molecule has 1 fully saturated rings. The highest BCUT2D eigenvalue weighted by atomic mass is 16.3. The average Bonchev–Trinajstić information content (AvgIpc) is 2.49. The molecule has 2 N–H and O–H groups in total. The second kappa shape index (κ2) is 7.10. The van der Waals surface area contributed by atoms with E-state index in [1.165, 1.54) is 0 Å². The molecule has 2 unspecified atom stereocenters. The topological polar surface area (TPSA) is 52.6 Å². The van der Waals surface area contributed by atoms with Crippen molar-refractivity contribution in [1.29, 1.82) is 0 Å². The summed E-state index contributed by atoms with van der Waals surface area (Å²) >= 11 is 0. The number of hydrogen-bond acceptors (Lipinski definition) is 3. The van der Waals surface area contributed by atoms with E-state index in [9.17, 15) is 9.90 Å². The van der Waals surface area contributed by atoms with Gasteiger partial charge in [-0.25, -0.2) is 0 Å². The number of hydrogen-bond donors (Lipinski definition) is 2.